The molecule has 0 aliphatic rings. The Morgan fingerprint density at radius 1 is 1.21 bits per heavy atom. The summed E-state index contributed by atoms with van der Waals surface area (Å²) in [5.41, 5.74) is 2.09. The van der Waals surface area contributed by atoms with Crippen LogP contribution in [-0.4, -0.2) is 31.9 Å². The van der Waals surface area contributed by atoms with Gasteiger partial charge in [-0.25, -0.2) is 4.39 Å². The van der Waals surface area contributed by atoms with Gasteiger partial charge in [0.2, 0.25) is 11.1 Å². The van der Waals surface area contributed by atoms with E-state index in [1.165, 1.54) is 23.9 Å². The Labute approximate surface area is 142 Å². The topological polar surface area (TPSA) is 72.7 Å². The number of hydrogen-bond acceptors (Lipinski definition) is 5. The zero-order chi connectivity index (χ0) is 16.9. The molecular formula is C16H14FN5OS. The van der Waals surface area contributed by atoms with Gasteiger partial charge in [-0.05, 0) is 41.6 Å². The first kappa shape index (κ1) is 16.1. The van der Waals surface area contributed by atoms with Crippen LogP contribution in [0.5, 0.6) is 0 Å². The van der Waals surface area contributed by atoms with E-state index < -0.39 is 5.82 Å². The number of aromatic nitrogens is 4. The normalized spacial score (nSPS) is 10.6. The molecule has 8 heteroatoms. The number of para-hydroxylation sites is 1. The third kappa shape index (κ3) is 3.77. The van der Waals surface area contributed by atoms with E-state index in [2.05, 4.69) is 20.8 Å². The van der Waals surface area contributed by atoms with Gasteiger partial charge in [0, 0.05) is 0 Å². The van der Waals surface area contributed by atoms with Crippen LogP contribution < -0.4 is 5.32 Å². The summed E-state index contributed by atoms with van der Waals surface area (Å²) >= 11 is 1.18. The van der Waals surface area contributed by atoms with Gasteiger partial charge in [0.15, 0.2) is 0 Å². The highest BCUT2D eigenvalue weighted by molar-refractivity contribution is 7.99. The molecular weight excluding hydrogens is 329 g/mol. The minimum Gasteiger partial charge on any atom is -0.323 e. The molecule has 2 aromatic carbocycles. The number of anilines is 1. The number of benzene rings is 2. The van der Waals surface area contributed by atoms with Crippen LogP contribution in [0.4, 0.5) is 10.1 Å². The maximum absolute atomic E-state index is 13.5. The number of rotatable bonds is 5. The van der Waals surface area contributed by atoms with E-state index in [1.54, 1.807) is 16.8 Å². The van der Waals surface area contributed by atoms with E-state index in [9.17, 15) is 9.18 Å². The number of thioether (sulfide) groups is 1. The summed E-state index contributed by atoms with van der Waals surface area (Å²) in [6.45, 7) is 1.99. The van der Waals surface area contributed by atoms with Crippen molar-refractivity contribution in [2.24, 2.45) is 0 Å². The maximum atomic E-state index is 13.5. The molecule has 0 fully saturated rings. The van der Waals surface area contributed by atoms with E-state index >= 15 is 0 Å². The van der Waals surface area contributed by atoms with Gasteiger partial charge in [-0.15, -0.1) is 5.10 Å². The summed E-state index contributed by atoms with van der Waals surface area (Å²) in [6.07, 6.45) is 0. The number of nitrogens with one attached hydrogen (secondary N) is 1. The van der Waals surface area contributed by atoms with Gasteiger partial charge in [0.25, 0.3) is 0 Å². The molecule has 1 N–H and O–H groups in total. The molecule has 0 radical (unpaired) electrons. The molecule has 0 aliphatic heterocycles. The summed E-state index contributed by atoms with van der Waals surface area (Å²) < 4.78 is 15.1. The minimum absolute atomic E-state index is 0.0700. The van der Waals surface area contributed by atoms with Crippen molar-refractivity contribution in [3.8, 4) is 5.69 Å². The summed E-state index contributed by atoms with van der Waals surface area (Å²) in [6, 6.07) is 13.7. The Morgan fingerprint density at radius 3 is 2.71 bits per heavy atom. The van der Waals surface area contributed by atoms with Crippen LogP contribution in [0.3, 0.4) is 0 Å². The molecule has 0 unspecified atom stereocenters. The first-order chi connectivity index (χ1) is 11.6. The van der Waals surface area contributed by atoms with Gasteiger partial charge < -0.3 is 5.32 Å². The number of halogens is 1. The molecule has 0 aliphatic carbocycles. The van der Waals surface area contributed by atoms with Crippen LogP contribution in [0.2, 0.25) is 0 Å². The number of carbonyl (C=O) groups excluding carboxylic acids is 1. The highest BCUT2D eigenvalue weighted by atomic mass is 32.2. The minimum atomic E-state index is -0.472. The fourth-order valence-corrected chi connectivity index (χ4v) is 2.69. The lowest BCUT2D eigenvalue weighted by atomic mass is 10.2. The molecule has 1 aromatic heterocycles. The zero-order valence-corrected chi connectivity index (χ0v) is 13.6. The van der Waals surface area contributed by atoms with Crippen molar-refractivity contribution in [2.75, 3.05) is 11.1 Å². The van der Waals surface area contributed by atoms with E-state index in [-0.39, 0.29) is 17.3 Å². The van der Waals surface area contributed by atoms with E-state index in [0.29, 0.717) is 5.16 Å². The van der Waals surface area contributed by atoms with Crippen molar-refractivity contribution in [2.45, 2.75) is 12.1 Å². The molecule has 1 heterocycles. The zero-order valence-electron chi connectivity index (χ0n) is 12.8. The fourth-order valence-electron chi connectivity index (χ4n) is 2.00. The molecule has 24 heavy (non-hydrogen) atoms. The van der Waals surface area contributed by atoms with E-state index in [0.717, 1.165) is 11.3 Å². The van der Waals surface area contributed by atoms with Crippen molar-refractivity contribution < 1.29 is 9.18 Å². The summed E-state index contributed by atoms with van der Waals surface area (Å²) in [5.74, 6) is -0.732. The van der Waals surface area contributed by atoms with Crippen molar-refractivity contribution in [1.29, 1.82) is 0 Å². The monoisotopic (exact) mass is 343 g/mol. The quantitative estimate of drug-likeness (QED) is 0.721. The lowest BCUT2D eigenvalue weighted by Crippen LogP contribution is -2.15. The molecule has 3 aromatic rings. The maximum Gasteiger partial charge on any atom is 0.234 e. The van der Waals surface area contributed by atoms with Crippen molar-refractivity contribution in [3.63, 3.8) is 0 Å². The third-order valence-electron chi connectivity index (χ3n) is 3.20. The van der Waals surface area contributed by atoms with Gasteiger partial charge >= 0.3 is 0 Å². The molecule has 122 valence electrons. The lowest BCUT2D eigenvalue weighted by Gasteiger charge is -2.06. The second-order valence-corrected chi connectivity index (χ2v) is 5.97. The SMILES string of the molecule is Cc1ccc(-n2nnnc2SCC(=O)Nc2ccccc2F)cc1. The molecule has 3 rings (SSSR count). The second kappa shape index (κ2) is 7.22. The van der Waals surface area contributed by atoms with Gasteiger partial charge in [0.1, 0.15) is 5.82 Å². The fraction of sp³-hybridized carbons (Fsp3) is 0.125. The van der Waals surface area contributed by atoms with Crippen molar-refractivity contribution >= 4 is 23.4 Å². The first-order valence-electron chi connectivity index (χ1n) is 7.16. The Bertz CT molecular complexity index is 850. The number of nitrogens with zero attached hydrogens (tertiary/aromatic N) is 4. The summed E-state index contributed by atoms with van der Waals surface area (Å²) in [5, 5.41) is 14.5. The lowest BCUT2D eigenvalue weighted by molar-refractivity contribution is -0.113. The molecule has 1 amide bonds. The standard InChI is InChI=1S/C16H14FN5OS/c1-11-6-8-12(9-7-11)22-16(19-20-21-22)24-10-15(23)18-14-5-3-2-4-13(14)17/h2-9H,10H2,1H3,(H,18,23). The number of carbonyl (C=O) groups is 1. The molecule has 0 atom stereocenters. The molecule has 0 saturated carbocycles. The number of aryl methyl sites for hydroxylation is 1. The predicted molar refractivity (Wildman–Crippen MR) is 89.6 cm³/mol. The van der Waals surface area contributed by atoms with Gasteiger partial charge in [0.05, 0.1) is 17.1 Å². The van der Waals surface area contributed by atoms with Crippen LogP contribution in [-0.2, 0) is 4.79 Å². The molecule has 0 spiro atoms. The Balaban J connectivity index is 1.65. The molecule has 0 bridgehead atoms. The van der Waals surface area contributed by atoms with Crippen LogP contribution in [0.25, 0.3) is 5.69 Å². The number of amides is 1. The van der Waals surface area contributed by atoms with Crippen LogP contribution in [0.1, 0.15) is 5.56 Å². The summed E-state index contributed by atoms with van der Waals surface area (Å²) in [7, 11) is 0. The van der Waals surface area contributed by atoms with Gasteiger partial charge in [-0.3, -0.25) is 4.79 Å². The molecule has 6 nitrogen and oxygen atoms in total. The van der Waals surface area contributed by atoms with Crippen molar-refractivity contribution in [1.82, 2.24) is 20.2 Å². The van der Waals surface area contributed by atoms with Gasteiger partial charge in [-0.2, -0.15) is 4.68 Å². The summed E-state index contributed by atoms with van der Waals surface area (Å²) in [4.78, 5) is 12.0. The average molecular weight is 343 g/mol. The first-order valence-corrected chi connectivity index (χ1v) is 8.14. The third-order valence-corrected chi connectivity index (χ3v) is 4.12. The number of hydrogen-bond donors (Lipinski definition) is 1. The Hall–Kier alpha value is -2.74. The second-order valence-electron chi connectivity index (χ2n) is 5.03. The van der Waals surface area contributed by atoms with Gasteiger partial charge in [-0.1, -0.05) is 41.6 Å². The average Bonchev–Trinajstić information content (AvgIpc) is 3.04. The van der Waals surface area contributed by atoms with E-state index in [1.807, 2.05) is 31.2 Å². The predicted octanol–water partition coefficient (Wildman–Crippen LogP) is 2.84. The largest absolute Gasteiger partial charge is 0.323 e. The Kier molecular flexibility index (Phi) is 4.85. The molecule has 0 saturated heterocycles. The highest BCUT2D eigenvalue weighted by Crippen LogP contribution is 2.19. The highest BCUT2D eigenvalue weighted by Gasteiger charge is 2.12. The smallest absolute Gasteiger partial charge is 0.234 e. The Morgan fingerprint density at radius 2 is 1.96 bits per heavy atom. The van der Waals surface area contributed by atoms with Crippen LogP contribution in [0, 0.1) is 12.7 Å². The number of tetrazole rings is 1. The van der Waals surface area contributed by atoms with Crippen molar-refractivity contribution in [3.05, 3.63) is 59.9 Å². The van der Waals surface area contributed by atoms with Crippen LogP contribution >= 0.6 is 11.8 Å². The van der Waals surface area contributed by atoms with Crippen LogP contribution in [0.15, 0.2) is 53.7 Å². The van der Waals surface area contributed by atoms with E-state index in [4.69, 9.17) is 0 Å².